The molecular formula is C3H6NO2P. The van der Waals surface area contributed by atoms with Crippen molar-refractivity contribution in [3.8, 4) is 0 Å². The average Bonchev–Trinajstić information content (AvgIpc) is 1.69. The fourth-order valence-electron chi connectivity index (χ4n) is 0.267. The Morgan fingerprint density at radius 3 is 2.86 bits per heavy atom. The molecule has 0 radical (unpaired) electrons. The van der Waals surface area contributed by atoms with Gasteiger partial charge in [-0.15, -0.1) is 0 Å². The summed E-state index contributed by atoms with van der Waals surface area (Å²) in [6, 6.07) is 0. The molecule has 2 atom stereocenters. The van der Waals surface area contributed by atoms with Crippen LogP contribution in [0.25, 0.3) is 0 Å². The van der Waals surface area contributed by atoms with E-state index in [1.54, 1.807) is 12.3 Å². The Kier molecular flexibility index (Phi) is 1.63. The van der Waals surface area contributed by atoms with Crippen LogP contribution in [0.5, 0.6) is 0 Å². The van der Waals surface area contributed by atoms with Crippen molar-refractivity contribution in [1.29, 1.82) is 0 Å². The van der Waals surface area contributed by atoms with Gasteiger partial charge in [0.1, 0.15) is 6.23 Å². The van der Waals surface area contributed by atoms with Gasteiger partial charge in [-0.25, -0.2) is 0 Å². The molecule has 40 valence electrons. The summed E-state index contributed by atoms with van der Waals surface area (Å²) in [6.07, 6.45) is 2.94. The molecule has 0 spiro atoms. The van der Waals surface area contributed by atoms with Crippen LogP contribution in [-0.4, -0.2) is 6.23 Å². The van der Waals surface area contributed by atoms with Crippen LogP contribution >= 0.6 is 9.03 Å². The first kappa shape index (κ1) is 5.04. The van der Waals surface area contributed by atoms with Gasteiger partial charge in [-0.05, 0) is 6.08 Å². The first-order valence-electron chi connectivity index (χ1n) is 1.88. The van der Waals surface area contributed by atoms with Gasteiger partial charge in [0.05, 0.1) is 6.26 Å². The van der Waals surface area contributed by atoms with E-state index in [0.717, 1.165) is 0 Å². The molecule has 0 aliphatic carbocycles. The molecule has 1 heterocycles. The molecule has 0 fully saturated rings. The third kappa shape index (κ3) is 1.43. The predicted molar refractivity (Wildman–Crippen MR) is 27.6 cm³/mol. The standard InChI is InChI=1S/C3H6NO2P/c4-3-1-2-5-7-6-3/h1-3,7H,4H2. The second-order valence-corrected chi connectivity index (χ2v) is 1.75. The lowest BCUT2D eigenvalue weighted by atomic mass is 10.6. The molecule has 0 amide bonds. The van der Waals surface area contributed by atoms with E-state index in [1.165, 1.54) is 0 Å². The van der Waals surface area contributed by atoms with E-state index in [4.69, 9.17) is 10.3 Å². The minimum absolute atomic E-state index is 0.0702. The minimum atomic E-state index is -0.257. The molecule has 2 N–H and O–H groups in total. The lowest BCUT2D eigenvalue weighted by molar-refractivity contribution is 0.241. The molecule has 0 saturated carbocycles. The molecule has 3 nitrogen and oxygen atoms in total. The van der Waals surface area contributed by atoms with Crippen LogP contribution in [0.4, 0.5) is 0 Å². The van der Waals surface area contributed by atoms with E-state index in [-0.39, 0.29) is 15.3 Å². The van der Waals surface area contributed by atoms with Crippen molar-refractivity contribution in [2.75, 3.05) is 0 Å². The largest absolute Gasteiger partial charge is 0.457 e. The number of nitrogens with two attached hydrogens (primary N) is 1. The summed E-state index contributed by atoms with van der Waals surface area (Å²) in [7, 11) is 0.0702. The van der Waals surface area contributed by atoms with Gasteiger partial charge in [-0.3, -0.25) is 0 Å². The summed E-state index contributed by atoms with van der Waals surface area (Å²) < 4.78 is 9.46. The Morgan fingerprint density at radius 1 is 1.71 bits per heavy atom. The van der Waals surface area contributed by atoms with E-state index in [9.17, 15) is 0 Å². The van der Waals surface area contributed by atoms with Gasteiger partial charge in [-0.1, -0.05) is 0 Å². The van der Waals surface area contributed by atoms with Crippen LogP contribution in [0.1, 0.15) is 0 Å². The molecule has 1 rings (SSSR count). The van der Waals surface area contributed by atoms with Gasteiger partial charge in [0.2, 0.25) is 9.03 Å². The molecule has 4 heteroatoms. The molecule has 2 unspecified atom stereocenters. The molecule has 0 bridgehead atoms. The maximum absolute atomic E-state index is 5.25. The number of rotatable bonds is 0. The predicted octanol–water partition coefficient (Wildman–Crippen LogP) is 0.340. The second-order valence-electron chi connectivity index (χ2n) is 1.11. The van der Waals surface area contributed by atoms with Gasteiger partial charge in [0, 0.05) is 0 Å². The van der Waals surface area contributed by atoms with Gasteiger partial charge >= 0.3 is 0 Å². The van der Waals surface area contributed by atoms with Crippen molar-refractivity contribution in [3.05, 3.63) is 12.3 Å². The molecule has 0 aromatic rings. The first-order chi connectivity index (χ1) is 3.39. The van der Waals surface area contributed by atoms with Crippen LogP contribution in [0.2, 0.25) is 0 Å². The van der Waals surface area contributed by atoms with E-state index < -0.39 is 0 Å². The SMILES string of the molecule is NC1C=COPO1. The fourth-order valence-corrected chi connectivity index (χ4v) is 0.646. The summed E-state index contributed by atoms with van der Waals surface area (Å²) in [5.41, 5.74) is 5.25. The average molecular weight is 119 g/mol. The van der Waals surface area contributed by atoms with E-state index in [1.807, 2.05) is 0 Å². The van der Waals surface area contributed by atoms with Crippen molar-refractivity contribution < 1.29 is 9.05 Å². The van der Waals surface area contributed by atoms with E-state index >= 15 is 0 Å². The Balaban J connectivity index is 2.36. The third-order valence-electron chi connectivity index (χ3n) is 0.569. The summed E-state index contributed by atoms with van der Waals surface area (Å²) >= 11 is 0. The van der Waals surface area contributed by atoms with Crippen molar-refractivity contribution in [2.45, 2.75) is 6.23 Å². The topological polar surface area (TPSA) is 44.5 Å². The van der Waals surface area contributed by atoms with Crippen molar-refractivity contribution in [3.63, 3.8) is 0 Å². The van der Waals surface area contributed by atoms with Crippen LogP contribution in [-0.2, 0) is 9.05 Å². The number of hydrogen-bond donors (Lipinski definition) is 1. The summed E-state index contributed by atoms with van der Waals surface area (Å²) in [5, 5.41) is 0. The minimum Gasteiger partial charge on any atom is -0.457 e. The van der Waals surface area contributed by atoms with Crippen molar-refractivity contribution >= 4 is 9.03 Å². The Morgan fingerprint density at radius 2 is 2.57 bits per heavy atom. The first-order valence-corrected chi connectivity index (χ1v) is 2.70. The highest BCUT2D eigenvalue weighted by Crippen LogP contribution is 2.19. The summed E-state index contributed by atoms with van der Waals surface area (Å²) in [6.45, 7) is 0. The van der Waals surface area contributed by atoms with Crippen molar-refractivity contribution in [2.24, 2.45) is 5.73 Å². The van der Waals surface area contributed by atoms with Crippen LogP contribution in [0.3, 0.4) is 0 Å². The zero-order chi connectivity index (χ0) is 5.11. The Bertz CT molecular complexity index is 85.0. The molecule has 0 aromatic heterocycles. The van der Waals surface area contributed by atoms with Crippen LogP contribution in [0.15, 0.2) is 12.3 Å². The third-order valence-corrected chi connectivity index (χ3v) is 1.17. The lowest BCUT2D eigenvalue weighted by Crippen LogP contribution is -2.18. The maximum Gasteiger partial charge on any atom is 0.216 e. The van der Waals surface area contributed by atoms with Gasteiger partial charge in [0.25, 0.3) is 0 Å². The highest BCUT2D eigenvalue weighted by atomic mass is 31.1. The van der Waals surface area contributed by atoms with Gasteiger partial charge < -0.3 is 14.8 Å². The molecule has 0 saturated heterocycles. The monoisotopic (exact) mass is 119 g/mol. The van der Waals surface area contributed by atoms with E-state index in [2.05, 4.69) is 4.52 Å². The van der Waals surface area contributed by atoms with Gasteiger partial charge in [-0.2, -0.15) is 0 Å². The maximum atomic E-state index is 5.25. The summed E-state index contributed by atoms with van der Waals surface area (Å²) in [5.74, 6) is 0. The summed E-state index contributed by atoms with van der Waals surface area (Å²) in [4.78, 5) is 0. The van der Waals surface area contributed by atoms with Crippen LogP contribution < -0.4 is 5.73 Å². The smallest absolute Gasteiger partial charge is 0.216 e. The Hall–Kier alpha value is -0.110. The zero-order valence-electron chi connectivity index (χ0n) is 3.63. The highest BCUT2D eigenvalue weighted by Gasteiger charge is 1.99. The second kappa shape index (κ2) is 2.26. The van der Waals surface area contributed by atoms with Crippen molar-refractivity contribution in [1.82, 2.24) is 0 Å². The number of hydrogen-bond acceptors (Lipinski definition) is 3. The molecule has 7 heavy (non-hydrogen) atoms. The zero-order valence-corrected chi connectivity index (χ0v) is 4.63. The molecule has 1 aliphatic rings. The fraction of sp³-hybridized carbons (Fsp3) is 0.333. The highest BCUT2D eigenvalue weighted by molar-refractivity contribution is 7.26. The molecule has 1 aliphatic heterocycles. The lowest BCUT2D eigenvalue weighted by Gasteiger charge is -2.10. The Labute approximate surface area is 43.4 Å². The van der Waals surface area contributed by atoms with E-state index in [0.29, 0.717) is 0 Å². The normalized spacial score (nSPS) is 33.0. The quantitative estimate of drug-likeness (QED) is 0.467. The molecular weight excluding hydrogens is 113 g/mol. The van der Waals surface area contributed by atoms with Crippen LogP contribution in [0, 0.1) is 0 Å². The van der Waals surface area contributed by atoms with Gasteiger partial charge in [0.15, 0.2) is 0 Å². The molecule has 0 aromatic carbocycles.